The van der Waals surface area contributed by atoms with Crippen molar-refractivity contribution in [3.05, 3.63) is 70.2 Å². The quantitative estimate of drug-likeness (QED) is 0.378. The average Bonchev–Trinajstić information content (AvgIpc) is 3.00. The summed E-state index contributed by atoms with van der Waals surface area (Å²) in [4.78, 5) is 20.5. The van der Waals surface area contributed by atoms with Gasteiger partial charge in [-0.05, 0) is 29.8 Å². The number of carbonyl (C=O) groups is 1. The largest absolute Gasteiger partial charge is 0.465 e. The number of methoxy groups -OCH3 is 1. The number of rotatable bonds is 3. The molecule has 0 aliphatic heterocycles. The van der Waals surface area contributed by atoms with E-state index in [4.69, 9.17) is 27.9 Å². The van der Waals surface area contributed by atoms with Crippen LogP contribution in [0.15, 0.2) is 48.9 Å². The van der Waals surface area contributed by atoms with Crippen molar-refractivity contribution in [3.63, 3.8) is 0 Å². The Balaban J connectivity index is 1.82. The van der Waals surface area contributed by atoms with Gasteiger partial charge in [-0.1, -0.05) is 29.3 Å². The van der Waals surface area contributed by atoms with Gasteiger partial charge in [-0.15, -0.1) is 0 Å². The Morgan fingerprint density at radius 1 is 1.19 bits per heavy atom. The summed E-state index contributed by atoms with van der Waals surface area (Å²) in [6, 6.07) is 9.67. The summed E-state index contributed by atoms with van der Waals surface area (Å²) < 4.78 is 6.82. The van der Waals surface area contributed by atoms with Crippen LogP contribution in [0.25, 0.3) is 21.8 Å². The normalized spacial score (nSPS) is 11.2. The predicted molar refractivity (Wildman–Crippen MR) is 102 cm³/mol. The number of nitrogens with zero attached hydrogens (tertiary/aromatic N) is 3. The van der Waals surface area contributed by atoms with Gasteiger partial charge in [0.1, 0.15) is 5.15 Å². The Labute approximate surface area is 159 Å². The van der Waals surface area contributed by atoms with Gasteiger partial charge in [0, 0.05) is 30.5 Å². The van der Waals surface area contributed by atoms with E-state index in [1.54, 1.807) is 18.6 Å². The standard InChI is InChI=1S/C19H13Cl2N3O2/c1-26-19(25)14-10-24(16-4-5-22-18(21)17(14)16)9-11-2-3-15-12(6-11)7-13(20)8-23-15/h2-8,10H,9H2,1H3. The summed E-state index contributed by atoms with van der Waals surface area (Å²) in [6.07, 6.45) is 4.98. The minimum absolute atomic E-state index is 0.274. The molecule has 5 nitrogen and oxygen atoms in total. The molecule has 0 saturated carbocycles. The van der Waals surface area contributed by atoms with E-state index >= 15 is 0 Å². The van der Waals surface area contributed by atoms with Crippen molar-refractivity contribution in [2.75, 3.05) is 7.11 Å². The topological polar surface area (TPSA) is 57.0 Å². The van der Waals surface area contributed by atoms with Gasteiger partial charge in [-0.25, -0.2) is 9.78 Å². The van der Waals surface area contributed by atoms with Crippen LogP contribution in [0.3, 0.4) is 0 Å². The van der Waals surface area contributed by atoms with Crippen LogP contribution in [0.2, 0.25) is 10.2 Å². The van der Waals surface area contributed by atoms with Crippen LogP contribution in [0.5, 0.6) is 0 Å². The van der Waals surface area contributed by atoms with Crippen LogP contribution in [-0.4, -0.2) is 27.6 Å². The minimum atomic E-state index is -0.446. The SMILES string of the molecule is COC(=O)c1cn(Cc2ccc3ncc(Cl)cc3c2)c2ccnc(Cl)c12. The van der Waals surface area contributed by atoms with Crippen molar-refractivity contribution in [2.24, 2.45) is 0 Å². The predicted octanol–water partition coefficient (Wildman–Crippen LogP) is 4.73. The van der Waals surface area contributed by atoms with E-state index < -0.39 is 5.97 Å². The molecular formula is C19H13Cl2N3O2. The minimum Gasteiger partial charge on any atom is -0.465 e. The molecule has 0 radical (unpaired) electrons. The van der Waals surface area contributed by atoms with Crippen LogP contribution >= 0.6 is 23.2 Å². The molecule has 26 heavy (non-hydrogen) atoms. The van der Waals surface area contributed by atoms with Crippen molar-refractivity contribution < 1.29 is 9.53 Å². The molecular weight excluding hydrogens is 373 g/mol. The van der Waals surface area contributed by atoms with Crippen LogP contribution < -0.4 is 0 Å². The van der Waals surface area contributed by atoms with Crippen molar-refractivity contribution in [2.45, 2.75) is 6.54 Å². The fourth-order valence-corrected chi connectivity index (χ4v) is 3.47. The molecule has 7 heteroatoms. The molecule has 0 N–H and O–H groups in total. The molecule has 0 aliphatic rings. The molecule has 0 bridgehead atoms. The van der Waals surface area contributed by atoms with Crippen LogP contribution in [0.1, 0.15) is 15.9 Å². The zero-order chi connectivity index (χ0) is 18.3. The van der Waals surface area contributed by atoms with E-state index in [0.717, 1.165) is 22.0 Å². The molecule has 3 heterocycles. The van der Waals surface area contributed by atoms with Crippen molar-refractivity contribution in [1.82, 2.24) is 14.5 Å². The number of fused-ring (bicyclic) bond motifs is 2. The number of benzene rings is 1. The highest BCUT2D eigenvalue weighted by molar-refractivity contribution is 6.35. The second kappa shape index (κ2) is 6.59. The molecule has 0 fully saturated rings. The number of hydrogen-bond acceptors (Lipinski definition) is 4. The van der Waals surface area contributed by atoms with Crippen LogP contribution in [0.4, 0.5) is 0 Å². The first-order valence-electron chi connectivity index (χ1n) is 7.82. The molecule has 0 spiro atoms. The van der Waals surface area contributed by atoms with Gasteiger partial charge in [-0.2, -0.15) is 0 Å². The monoisotopic (exact) mass is 385 g/mol. The number of ether oxygens (including phenoxy) is 1. The van der Waals surface area contributed by atoms with Crippen molar-refractivity contribution in [3.8, 4) is 0 Å². The smallest absolute Gasteiger partial charge is 0.340 e. The summed E-state index contributed by atoms with van der Waals surface area (Å²) in [5.74, 6) is -0.446. The highest BCUT2D eigenvalue weighted by atomic mass is 35.5. The Morgan fingerprint density at radius 3 is 2.85 bits per heavy atom. The maximum absolute atomic E-state index is 12.1. The first-order chi connectivity index (χ1) is 12.6. The molecule has 3 aromatic heterocycles. The van der Waals surface area contributed by atoms with E-state index in [0.29, 0.717) is 22.5 Å². The summed E-state index contributed by atoms with van der Waals surface area (Å²) in [5.41, 5.74) is 3.13. The first-order valence-corrected chi connectivity index (χ1v) is 8.58. The third-order valence-corrected chi connectivity index (χ3v) is 4.71. The molecule has 0 saturated heterocycles. The Bertz CT molecular complexity index is 1150. The van der Waals surface area contributed by atoms with Crippen molar-refractivity contribution >= 4 is 51.0 Å². The average molecular weight is 386 g/mol. The van der Waals surface area contributed by atoms with Crippen LogP contribution in [-0.2, 0) is 11.3 Å². The van der Waals surface area contributed by atoms with Gasteiger partial charge in [0.15, 0.2) is 0 Å². The van der Waals surface area contributed by atoms with Gasteiger partial charge in [0.05, 0.1) is 34.1 Å². The van der Waals surface area contributed by atoms with Crippen LogP contribution in [0, 0.1) is 0 Å². The fourth-order valence-electron chi connectivity index (χ4n) is 3.05. The summed E-state index contributed by atoms with van der Waals surface area (Å²) >= 11 is 12.3. The zero-order valence-electron chi connectivity index (χ0n) is 13.7. The Hall–Kier alpha value is -2.63. The van der Waals surface area contributed by atoms with E-state index in [9.17, 15) is 4.79 Å². The Morgan fingerprint density at radius 2 is 2.04 bits per heavy atom. The van der Waals surface area contributed by atoms with E-state index in [1.807, 2.05) is 34.9 Å². The molecule has 0 aliphatic carbocycles. The molecule has 1 aromatic carbocycles. The second-order valence-corrected chi connectivity index (χ2v) is 6.63. The van der Waals surface area contributed by atoms with E-state index in [-0.39, 0.29) is 5.15 Å². The van der Waals surface area contributed by atoms with Gasteiger partial charge < -0.3 is 9.30 Å². The lowest BCUT2D eigenvalue weighted by atomic mass is 10.1. The fraction of sp³-hybridized carbons (Fsp3) is 0.105. The number of pyridine rings is 2. The summed E-state index contributed by atoms with van der Waals surface area (Å²) in [5, 5.41) is 2.41. The lowest BCUT2D eigenvalue weighted by Crippen LogP contribution is -2.01. The highest BCUT2D eigenvalue weighted by Gasteiger charge is 2.18. The first kappa shape index (κ1) is 16.8. The van der Waals surface area contributed by atoms with Gasteiger partial charge >= 0.3 is 5.97 Å². The molecule has 130 valence electrons. The number of halogens is 2. The second-order valence-electron chi connectivity index (χ2n) is 5.84. The highest BCUT2D eigenvalue weighted by Crippen LogP contribution is 2.28. The number of esters is 1. The summed E-state index contributed by atoms with van der Waals surface area (Å²) in [6.45, 7) is 0.552. The maximum atomic E-state index is 12.1. The van der Waals surface area contributed by atoms with E-state index in [1.165, 1.54) is 7.11 Å². The summed E-state index contributed by atoms with van der Waals surface area (Å²) in [7, 11) is 1.34. The molecule has 4 aromatic rings. The lowest BCUT2D eigenvalue weighted by molar-refractivity contribution is 0.0602. The zero-order valence-corrected chi connectivity index (χ0v) is 15.3. The molecule has 0 unspecified atom stereocenters. The number of carbonyl (C=O) groups excluding carboxylic acids is 1. The third kappa shape index (κ3) is 2.89. The van der Waals surface area contributed by atoms with E-state index in [2.05, 4.69) is 9.97 Å². The number of aromatic nitrogens is 3. The Kier molecular flexibility index (Phi) is 4.26. The van der Waals surface area contributed by atoms with Gasteiger partial charge in [0.25, 0.3) is 0 Å². The van der Waals surface area contributed by atoms with Gasteiger partial charge in [-0.3, -0.25) is 4.98 Å². The molecule has 0 amide bonds. The maximum Gasteiger partial charge on any atom is 0.340 e. The number of hydrogen-bond donors (Lipinski definition) is 0. The van der Waals surface area contributed by atoms with Crippen molar-refractivity contribution in [1.29, 1.82) is 0 Å². The third-order valence-electron chi connectivity index (χ3n) is 4.22. The van der Waals surface area contributed by atoms with Gasteiger partial charge in [0.2, 0.25) is 0 Å². The molecule has 4 rings (SSSR count). The molecule has 0 atom stereocenters. The lowest BCUT2D eigenvalue weighted by Gasteiger charge is -2.07.